The van der Waals surface area contributed by atoms with Crippen molar-refractivity contribution in [1.82, 2.24) is 0 Å². The Hall–Kier alpha value is -6.76. The maximum Gasteiger partial charge on any atom is -0.000740 e. The predicted octanol–water partition coefficient (Wildman–Crippen LogP) is 14.7. The molecule has 11 aromatic rings. The van der Waals surface area contributed by atoms with Gasteiger partial charge in [-0.25, -0.2) is 0 Å². The standard InChI is InChI=1S/C52H30/c1-4-15-31(16-5-1)44-35-22-11-10-21-34(35)36-25-14-26-39-40-27-28-42-49-43(30-29-41(48(40)49)50(44)47(36)39)52-46(33-19-8-3-9-20-33)38-24-13-12-23-37(38)45(51(42)52)32-17-6-2-7-18-32/h1-30H. The highest BCUT2D eigenvalue weighted by molar-refractivity contribution is 6.43. The molecular formula is C52H30. The summed E-state index contributed by atoms with van der Waals surface area (Å²) >= 11 is 0. The summed E-state index contributed by atoms with van der Waals surface area (Å²) in [6, 6.07) is 67.8. The van der Waals surface area contributed by atoms with Gasteiger partial charge in [-0.3, -0.25) is 0 Å². The molecule has 0 saturated carbocycles. The van der Waals surface area contributed by atoms with E-state index in [0.717, 1.165) is 0 Å². The van der Waals surface area contributed by atoms with E-state index in [1.165, 1.54) is 120 Å². The van der Waals surface area contributed by atoms with E-state index in [1.807, 2.05) is 0 Å². The van der Waals surface area contributed by atoms with Crippen LogP contribution in [-0.2, 0) is 0 Å². The second-order valence-corrected chi connectivity index (χ2v) is 14.2. The van der Waals surface area contributed by atoms with Crippen LogP contribution < -0.4 is 0 Å². The molecule has 12 rings (SSSR count). The van der Waals surface area contributed by atoms with Crippen molar-refractivity contribution in [3.8, 4) is 55.6 Å². The van der Waals surface area contributed by atoms with Gasteiger partial charge in [-0.1, -0.05) is 182 Å². The van der Waals surface area contributed by atoms with Crippen LogP contribution in [0, 0.1) is 0 Å². The molecule has 0 nitrogen and oxygen atoms in total. The Bertz CT molecular complexity index is 3150. The summed E-state index contributed by atoms with van der Waals surface area (Å²) in [5, 5.41) is 15.9. The Labute approximate surface area is 301 Å². The van der Waals surface area contributed by atoms with Crippen molar-refractivity contribution in [3.05, 3.63) is 182 Å². The minimum Gasteiger partial charge on any atom is -0.0622 e. The molecule has 0 aliphatic heterocycles. The van der Waals surface area contributed by atoms with Crippen LogP contribution in [0.2, 0.25) is 0 Å². The van der Waals surface area contributed by atoms with Crippen LogP contribution in [-0.4, -0.2) is 0 Å². The van der Waals surface area contributed by atoms with Crippen molar-refractivity contribution >= 4 is 64.6 Å². The van der Waals surface area contributed by atoms with Gasteiger partial charge in [-0.05, 0) is 120 Å². The molecule has 1 aliphatic rings. The van der Waals surface area contributed by atoms with Gasteiger partial charge < -0.3 is 0 Å². The third-order valence-electron chi connectivity index (χ3n) is 11.7. The predicted molar refractivity (Wildman–Crippen MR) is 223 cm³/mol. The molecule has 0 aromatic heterocycles. The Morgan fingerprint density at radius 2 is 0.538 bits per heavy atom. The van der Waals surface area contributed by atoms with E-state index >= 15 is 0 Å². The fourth-order valence-corrected chi connectivity index (χ4v) is 9.77. The minimum atomic E-state index is 1.25. The van der Waals surface area contributed by atoms with Gasteiger partial charge in [-0.15, -0.1) is 0 Å². The third kappa shape index (κ3) is 3.56. The number of hydrogen-bond acceptors (Lipinski definition) is 0. The first kappa shape index (κ1) is 28.0. The average molecular weight is 655 g/mol. The van der Waals surface area contributed by atoms with Gasteiger partial charge in [0.15, 0.2) is 0 Å². The lowest BCUT2D eigenvalue weighted by Gasteiger charge is -2.21. The van der Waals surface area contributed by atoms with Crippen LogP contribution in [0.25, 0.3) is 120 Å². The topological polar surface area (TPSA) is 0 Å². The maximum absolute atomic E-state index is 2.44. The van der Waals surface area contributed by atoms with E-state index in [0.29, 0.717) is 0 Å². The van der Waals surface area contributed by atoms with E-state index in [-0.39, 0.29) is 0 Å². The van der Waals surface area contributed by atoms with Gasteiger partial charge in [0.05, 0.1) is 0 Å². The summed E-state index contributed by atoms with van der Waals surface area (Å²) in [4.78, 5) is 0. The molecule has 0 bridgehead atoms. The van der Waals surface area contributed by atoms with E-state index in [2.05, 4.69) is 182 Å². The molecule has 0 saturated heterocycles. The van der Waals surface area contributed by atoms with Crippen LogP contribution >= 0.6 is 0 Å². The van der Waals surface area contributed by atoms with Crippen molar-refractivity contribution in [1.29, 1.82) is 0 Å². The monoisotopic (exact) mass is 654 g/mol. The van der Waals surface area contributed by atoms with Crippen LogP contribution in [0.1, 0.15) is 0 Å². The van der Waals surface area contributed by atoms with Gasteiger partial charge in [0, 0.05) is 0 Å². The first-order valence-electron chi connectivity index (χ1n) is 18.2. The van der Waals surface area contributed by atoms with Crippen molar-refractivity contribution in [2.24, 2.45) is 0 Å². The van der Waals surface area contributed by atoms with Crippen LogP contribution in [0.3, 0.4) is 0 Å². The SMILES string of the molecule is c1ccc(-c2c3c(c(-c4ccccc4)c4ccccc24)-c2ccc4c5c(-c6ccccc6)c6ccccc6c6cccc(c7ccc-3c2c74)c65)cc1. The highest BCUT2D eigenvalue weighted by Gasteiger charge is 2.32. The second kappa shape index (κ2) is 10.4. The quantitative estimate of drug-likeness (QED) is 0.131. The van der Waals surface area contributed by atoms with Gasteiger partial charge in [0.1, 0.15) is 0 Å². The average Bonchev–Trinajstić information content (AvgIpc) is 3.55. The molecular weight excluding hydrogens is 625 g/mol. The van der Waals surface area contributed by atoms with Crippen molar-refractivity contribution in [3.63, 3.8) is 0 Å². The van der Waals surface area contributed by atoms with Crippen molar-refractivity contribution in [2.75, 3.05) is 0 Å². The lowest BCUT2D eigenvalue weighted by atomic mass is 9.82. The van der Waals surface area contributed by atoms with Crippen LogP contribution in [0.15, 0.2) is 182 Å². The number of benzene rings is 11. The van der Waals surface area contributed by atoms with E-state index in [9.17, 15) is 0 Å². The summed E-state index contributed by atoms with van der Waals surface area (Å²) < 4.78 is 0. The van der Waals surface area contributed by atoms with Crippen LogP contribution in [0.5, 0.6) is 0 Å². The lowest BCUT2D eigenvalue weighted by molar-refractivity contribution is 1.62. The molecule has 0 radical (unpaired) electrons. The Balaban J connectivity index is 1.34. The molecule has 0 heteroatoms. The van der Waals surface area contributed by atoms with E-state index < -0.39 is 0 Å². The third-order valence-corrected chi connectivity index (χ3v) is 11.7. The summed E-state index contributed by atoms with van der Waals surface area (Å²) in [6.45, 7) is 0. The zero-order chi connectivity index (χ0) is 33.9. The molecule has 0 fully saturated rings. The molecule has 11 aromatic carbocycles. The first-order chi connectivity index (χ1) is 25.9. The molecule has 0 amide bonds. The Kier molecular flexibility index (Phi) is 5.59. The van der Waals surface area contributed by atoms with Gasteiger partial charge in [0.2, 0.25) is 0 Å². The van der Waals surface area contributed by atoms with Gasteiger partial charge in [-0.2, -0.15) is 0 Å². The maximum atomic E-state index is 2.44. The highest BCUT2D eigenvalue weighted by atomic mass is 14.3. The highest BCUT2D eigenvalue weighted by Crippen LogP contribution is 2.60. The van der Waals surface area contributed by atoms with Crippen molar-refractivity contribution < 1.29 is 0 Å². The zero-order valence-electron chi connectivity index (χ0n) is 28.3. The fourth-order valence-electron chi connectivity index (χ4n) is 9.77. The largest absolute Gasteiger partial charge is 0.0622 e. The Morgan fingerprint density at radius 3 is 1.08 bits per heavy atom. The van der Waals surface area contributed by atoms with Gasteiger partial charge >= 0.3 is 0 Å². The molecule has 1 aliphatic carbocycles. The van der Waals surface area contributed by atoms with E-state index in [1.54, 1.807) is 0 Å². The number of fused-ring (bicyclic) bond motifs is 8. The van der Waals surface area contributed by atoms with Crippen molar-refractivity contribution in [2.45, 2.75) is 0 Å². The smallest absolute Gasteiger partial charge is 0.000740 e. The number of hydrogen-bond donors (Lipinski definition) is 0. The molecule has 52 heavy (non-hydrogen) atoms. The number of rotatable bonds is 3. The lowest BCUT2D eigenvalue weighted by Crippen LogP contribution is -1.93. The molecule has 0 spiro atoms. The fraction of sp³-hybridized carbons (Fsp3) is 0. The first-order valence-corrected chi connectivity index (χ1v) is 18.2. The molecule has 0 heterocycles. The molecule has 0 N–H and O–H groups in total. The van der Waals surface area contributed by atoms with Gasteiger partial charge in [0.25, 0.3) is 0 Å². The Morgan fingerprint density at radius 1 is 0.173 bits per heavy atom. The minimum absolute atomic E-state index is 1.25. The second-order valence-electron chi connectivity index (χ2n) is 14.2. The van der Waals surface area contributed by atoms with Crippen LogP contribution in [0.4, 0.5) is 0 Å². The molecule has 0 atom stereocenters. The zero-order valence-corrected chi connectivity index (χ0v) is 28.3. The summed E-state index contributed by atoms with van der Waals surface area (Å²) in [5.74, 6) is 0. The summed E-state index contributed by atoms with van der Waals surface area (Å²) in [5.41, 5.74) is 13.0. The molecule has 238 valence electrons. The normalized spacial score (nSPS) is 12.2. The summed E-state index contributed by atoms with van der Waals surface area (Å²) in [7, 11) is 0. The summed E-state index contributed by atoms with van der Waals surface area (Å²) in [6.07, 6.45) is 0. The molecule has 0 unspecified atom stereocenters. The van der Waals surface area contributed by atoms with E-state index in [4.69, 9.17) is 0 Å².